The van der Waals surface area contributed by atoms with Crippen LogP contribution in [0.4, 0.5) is 13.2 Å². The number of hydrogen-bond acceptors (Lipinski definition) is 3. The molecule has 33 heavy (non-hydrogen) atoms. The van der Waals surface area contributed by atoms with Gasteiger partial charge in [-0.1, -0.05) is 6.07 Å². The standard InChI is InChI=1S/C24H20F3N5O/c1-30-23(13-9-17(25)21(27)18(26)10-13)16-11-15-6-4-7-20(22(16)29-30)32(15)24(33)19-12-14-5-2-3-8-31(14)28-19/h2-3,5,8-10,12,15,20H,4,6-7,11H2,1H3/t15-,20+/m1/s1. The van der Waals surface area contributed by atoms with Gasteiger partial charge in [0.15, 0.2) is 23.1 Å². The van der Waals surface area contributed by atoms with Gasteiger partial charge in [-0.2, -0.15) is 10.2 Å². The zero-order valence-electron chi connectivity index (χ0n) is 17.8. The molecule has 0 saturated carbocycles. The molecule has 0 radical (unpaired) electrons. The van der Waals surface area contributed by atoms with E-state index >= 15 is 0 Å². The maximum atomic E-state index is 14.0. The number of rotatable bonds is 2. The molecule has 0 aliphatic carbocycles. The Bertz CT molecular complexity index is 1370. The van der Waals surface area contributed by atoms with Crippen LogP contribution in [0.25, 0.3) is 16.8 Å². The summed E-state index contributed by atoms with van der Waals surface area (Å²) in [6.07, 6.45) is 4.82. The summed E-state index contributed by atoms with van der Waals surface area (Å²) in [6, 6.07) is 9.09. The molecule has 1 aromatic carbocycles. The first-order valence-electron chi connectivity index (χ1n) is 10.9. The van der Waals surface area contributed by atoms with Crippen LogP contribution in [-0.2, 0) is 13.5 Å². The molecule has 1 fully saturated rings. The van der Waals surface area contributed by atoms with Gasteiger partial charge in [0.05, 0.1) is 22.9 Å². The van der Waals surface area contributed by atoms with E-state index in [9.17, 15) is 18.0 Å². The molecular weight excluding hydrogens is 431 g/mol. The van der Waals surface area contributed by atoms with Crippen molar-refractivity contribution in [2.24, 2.45) is 7.05 Å². The molecule has 5 heterocycles. The minimum absolute atomic E-state index is 0.0772. The van der Waals surface area contributed by atoms with Crippen LogP contribution >= 0.6 is 0 Å². The zero-order valence-corrected chi connectivity index (χ0v) is 17.8. The quantitative estimate of drug-likeness (QED) is 0.424. The molecule has 0 spiro atoms. The van der Waals surface area contributed by atoms with Crippen LogP contribution in [0.5, 0.6) is 0 Å². The third kappa shape index (κ3) is 2.98. The lowest BCUT2D eigenvalue weighted by Crippen LogP contribution is -2.50. The van der Waals surface area contributed by atoms with E-state index in [1.54, 1.807) is 28.5 Å². The third-order valence-electron chi connectivity index (χ3n) is 6.76. The maximum absolute atomic E-state index is 14.0. The summed E-state index contributed by atoms with van der Waals surface area (Å²) in [7, 11) is 1.70. The van der Waals surface area contributed by atoms with Crippen LogP contribution in [0.3, 0.4) is 0 Å². The fourth-order valence-electron chi connectivity index (χ4n) is 5.38. The number of aromatic nitrogens is 4. The summed E-state index contributed by atoms with van der Waals surface area (Å²) in [5, 5.41) is 9.11. The smallest absolute Gasteiger partial charge is 0.275 e. The van der Waals surface area contributed by atoms with E-state index in [0.29, 0.717) is 17.8 Å². The van der Waals surface area contributed by atoms with E-state index in [0.717, 1.165) is 48.2 Å². The number of fused-ring (bicyclic) bond motifs is 5. The highest BCUT2D eigenvalue weighted by Gasteiger charge is 2.44. The van der Waals surface area contributed by atoms with E-state index in [1.807, 2.05) is 23.1 Å². The number of amides is 1. The van der Waals surface area contributed by atoms with E-state index in [4.69, 9.17) is 0 Å². The Morgan fingerprint density at radius 1 is 1.06 bits per heavy atom. The van der Waals surface area contributed by atoms with Gasteiger partial charge in [0.1, 0.15) is 0 Å². The summed E-state index contributed by atoms with van der Waals surface area (Å²) >= 11 is 0. The fourth-order valence-corrected chi connectivity index (χ4v) is 5.38. The Hall–Kier alpha value is -3.62. The highest BCUT2D eigenvalue weighted by atomic mass is 19.2. The number of hydrogen-bond donors (Lipinski definition) is 0. The highest BCUT2D eigenvalue weighted by Crippen LogP contribution is 2.45. The first-order chi connectivity index (χ1) is 15.9. The lowest BCUT2D eigenvalue weighted by Gasteiger charge is -2.45. The van der Waals surface area contributed by atoms with E-state index in [-0.39, 0.29) is 23.6 Å². The molecular formula is C24H20F3N5O. The SMILES string of the molecule is Cn1nc2c(c1-c1cc(F)c(F)c(F)c1)C[C@H]1CCC[C@@H]2N1C(=O)c1cc2ccccn2n1. The molecule has 2 aliphatic heterocycles. The van der Waals surface area contributed by atoms with Crippen LogP contribution < -0.4 is 0 Å². The van der Waals surface area contributed by atoms with Crippen molar-refractivity contribution in [2.45, 2.75) is 37.8 Å². The number of nitrogens with zero attached hydrogens (tertiary/aromatic N) is 5. The van der Waals surface area contributed by atoms with Crippen molar-refractivity contribution < 1.29 is 18.0 Å². The molecule has 6 rings (SSSR count). The van der Waals surface area contributed by atoms with Crippen molar-refractivity contribution in [2.75, 3.05) is 0 Å². The molecule has 168 valence electrons. The van der Waals surface area contributed by atoms with Gasteiger partial charge < -0.3 is 4.90 Å². The summed E-state index contributed by atoms with van der Waals surface area (Å²) < 4.78 is 44.7. The Morgan fingerprint density at radius 3 is 2.61 bits per heavy atom. The highest BCUT2D eigenvalue weighted by molar-refractivity contribution is 5.94. The topological polar surface area (TPSA) is 55.4 Å². The van der Waals surface area contributed by atoms with Crippen molar-refractivity contribution in [3.8, 4) is 11.3 Å². The number of carbonyl (C=O) groups is 1. The fraction of sp³-hybridized carbons (Fsp3) is 0.292. The molecule has 4 aromatic rings. The Kier molecular flexibility index (Phi) is 4.36. The number of halogens is 3. The minimum atomic E-state index is -1.49. The van der Waals surface area contributed by atoms with Crippen LogP contribution in [0.15, 0.2) is 42.6 Å². The number of piperidine rings is 1. The van der Waals surface area contributed by atoms with E-state index < -0.39 is 17.5 Å². The molecule has 9 heteroatoms. The maximum Gasteiger partial charge on any atom is 0.275 e. The van der Waals surface area contributed by atoms with E-state index in [1.165, 1.54) is 0 Å². The van der Waals surface area contributed by atoms with E-state index in [2.05, 4.69) is 10.2 Å². The molecule has 1 saturated heterocycles. The first kappa shape index (κ1) is 20.0. The largest absolute Gasteiger partial charge is 0.325 e. The number of benzene rings is 1. The van der Waals surface area contributed by atoms with Gasteiger partial charge in [-0.15, -0.1) is 0 Å². The lowest BCUT2D eigenvalue weighted by atomic mass is 9.81. The van der Waals surface area contributed by atoms with Gasteiger partial charge in [-0.05, 0) is 56.0 Å². The van der Waals surface area contributed by atoms with Crippen LogP contribution in [0.1, 0.15) is 47.1 Å². The third-order valence-corrected chi connectivity index (χ3v) is 6.76. The molecule has 6 nitrogen and oxygen atoms in total. The number of pyridine rings is 1. The van der Waals surface area contributed by atoms with Crippen molar-refractivity contribution in [1.82, 2.24) is 24.3 Å². The van der Waals surface area contributed by atoms with Crippen molar-refractivity contribution in [1.29, 1.82) is 0 Å². The van der Waals surface area contributed by atoms with Crippen LogP contribution in [0.2, 0.25) is 0 Å². The summed E-state index contributed by atoms with van der Waals surface area (Å²) in [6.45, 7) is 0. The number of carbonyl (C=O) groups excluding carboxylic acids is 1. The predicted molar refractivity (Wildman–Crippen MR) is 114 cm³/mol. The monoisotopic (exact) mass is 451 g/mol. The summed E-state index contributed by atoms with van der Waals surface area (Å²) in [4.78, 5) is 15.4. The zero-order chi connectivity index (χ0) is 22.9. The van der Waals surface area contributed by atoms with Gasteiger partial charge in [0.2, 0.25) is 0 Å². The van der Waals surface area contributed by atoms with Gasteiger partial charge in [0, 0.05) is 30.4 Å². The first-order valence-corrected chi connectivity index (χ1v) is 10.9. The average molecular weight is 451 g/mol. The molecule has 0 N–H and O–H groups in total. The normalized spacial score (nSPS) is 19.7. The molecule has 3 aromatic heterocycles. The van der Waals surface area contributed by atoms with Gasteiger partial charge in [-0.25, -0.2) is 17.7 Å². The van der Waals surface area contributed by atoms with Crippen molar-refractivity contribution in [3.05, 3.63) is 77.0 Å². The Morgan fingerprint density at radius 2 is 1.85 bits per heavy atom. The van der Waals surface area contributed by atoms with Crippen LogP contribution in [0, 0.1) is 17.5 Å². The second kappa shape index (κ2) is 7.19. The predicted octanol–water partition coefficient (Wildman–Crippen LogP) is 4.44. The average Bonchev–Trinajstić information content (AvgIpc) is 3.37. The van der Waals surface area contributed by atoms with Gasteiger partial charge in [-0.3, -0.25) is 9.48 Å². The summed E-state index contributed by atoms with van der Waals surface area (Å²) in [5.41, 5.74) is 3.59. The van der Waals surface area contributed by atoms with Gasteiger partial charge in [0.25, 0.3) is 5.91 Å². The van der Waals surface area contributed by atoms with Gasteiger partial charge >= 0.3 is 0 Å². The Labute approximate surface area is 187 Å². The lowest BCUT2D eigenvalue weighted by molar-refractivity contribution is 0.0385. The van der Waals surface area contributed by atoms with Crippen molar-refractivity contribution in [3.63, 3.8) is 0 Å². The molecule has 1 amide bonds. The number of aryl methyl sites for hydroxylation is 1. The van der Waals surface area contributed by atoms with Crippen molar-refractivity contribution >= 4 is 11.4 Å². The van der Waals surface area contributed by atoms with Crippen LogP contribution in [-0.4, -0.2) is 36.2 Å². The molecule has 0 unspecified atom stereocenters. The minimum Gasteiger partial charge on any atom is -0.325 e. The Balaban J connectivity index is 1.43. The second-order valence-electron chi connectivity index (χ2n) is 8.71. The molecule has 2 bridgehead atoms. The summed E-state index contributed by atoms with van der Waals surface area (Å²) in [5.74, 6) is -4.11. The molecule has 2 aliphatic rings. The second-order valence-corrected chi connectivity index (χ2v) is 8.71. The molecule has 2 atom stereocenters.